The van der Waals surface area contributed by atoms with E-state index in [-0.39, 0.29) is 41.5 Å². The molecular weight excluding hydrogens is 478 g/mol. The predicted octanol–water partition coefficient (Wildman–Crippen LogP) is 4.85. The lowest BCUT2D eigenvalue weighted by atomic mass is 9.74. The Kier molecular flexibility index (Phi) is 5.59. The first kappa shape index (κ1) is 24.5. The maximum atomic E-state index is 14.1. The fourth-order valence-electron chi connectivity index (χ4n) is 5.53. The van der Waals surface area contributed by atoms with Crippen LogP contribution in [0.4, 0.5) is 17.6 Å². The van der Waals surface area contributed by atoms with Gasteiger partial charge in [0.1, 0.15) is 17.7 Å². The number of aliphatic imine (C=N–C) groups is 1. The lowest BCUT2D eigenvalue weighted by Gasteiger charge is -2.44. The second kappa shape index (κ2) is 8.19. The molecule has 2 N–H and O–H groups in total. The summed E-state index contributed by atoms with van der Waals surface area (Å²) in [6.45, 7) is 4.59. The SMILES string of the molecule is CN1C(=O)C2(CC(C3CCOC(C)(C)C3)Oc3ccc(-c4cc(F)cc(C(F)(F)F)c4)cc32)N=C1N. The van der Waals surface area contributed by atoms with E-state index in [1.807, 2.05) is 13.8 Å². The second-order valence-electron chi connectivity index (χ2n) is 10.4. The number of hydrogen-bond donors (Lipinski definition) is 1. The van der Waals surface area contributed by atoms with Crippen molar-refractivity contribution in [2.45, 2.75) is 56.5 Å². The van der Waals surface area contributed by atoms with E-state index < -0.39 is 23.1 Å². The zero-order chi connectivity index (χ0) is 26.0. The van der Waals surface area contributed by atoms with Crippen LogP contribution < -0.4 is 10.5 Å². The number of alkyl halides is 3. The number of guanidine groups is 1. The minimum Gasteiger partial charge on any atom is -0.490 e. The number of nitrogens with two attached hydrogens (primary N) is 1. The fourth-order valence-corrected chi connectivity index (χ4v) is 5.53. The summed E-state index contributed by atoms with van der Waals surface area (Å²) in [6, 6.07) is 7.09. The van der Waals surface area contributed by atoms with Crippen molar-refractivity contribution in [3.05, 3.63) is 53.3 Å². The van der Waals surface area contributed by atoms with Crippen LogP contribution in [0.3, 0.4) is 0 Å². The van der Waals surface area contributed by atoms with Crippen LogP contribution in [-0.4, -0.2) is 42.1 Å². The third-order valence-electron chi connectivity index (χ3n) is 7.33. The first-order chi connectivity index (χ1) is 16.8. The van der Waals surface area contributed by atoms with E-state index in [0.29, 0.717) is 29.5 Å². The summed E-state index contributed by atoms with van der Waals surface area (Å²) >= 11 is 0. The van der Waals surface area contributed by atoms with Crippen LogP contribution in [0.5, 0.6) is 5.75 Å². The quantitative estimate of drug-likeness (QED) is 0.592. The number of amides is 1. The van der Waals surface area contributed by atoms with E-state index in [1.165, 1.54) is 11.9 Å². The lowest BCUT2D eigenvalue weighted by Crippen LogP contribution is -2.49. The van der Waals surface area contributed by atoms with Crippen molar-refractivity contribution in [1.29, 1.82) is 0 Å². The van der Waals surface area contributed by atoms with Crippen LogP contribution in [-0.2, 0) is 21.2 Å². The Balaban J connectivity index is 1.61. The van der Waals surface area contributed by atoms with Crippen LogP contribution in [0.1, 0.15) is 44.2 Å². The van der Waals surface area contributed by atoms with Crippen molar-refractivity contribution < 1.29 is 31.8 Å². The van der Waals surface area contributed by atoms with Crippen LogP contribution in [0, 0.1) is 11.7 Å². The molecule has 192 valence electrons. The van der Waals surface area contributed by atoms with Crippen molar-refractivity contribution >= 4 is 11.9 Å². The summed E-state index contributed by atoms with van der Waals surface area (Å²) in [5.74, 6) is -0.787. The summed E-state index contributed by atoms with van der Waals surface area (Å²) in [4.78, 5) is 19.4. The Labute approximate surface area is 206 Å². The molecule has 6 nitrogen and oxygen atoms in total. The molecule has 1 spiro atoms. The van der Waals surface area contributed by atoms with Gasteiger partial charge in [0.25, 0.3) is 5.91 Å². The van der Waals surface area contributed by atoms with Crippen LogP contribution in [0.15, 0.2) is 41.4 Å². The van der Waals surface area contributed by atoms with E-state index >= 15 is 0 Å². The van der Waals surface area contributed by atoms with Gasteiger partial charge in [-0.1, -0.05) is 6.07 Å². The Morgan fingerprint density at radius 1 is 1.11 bits per heavy atom. The molecule has 1 fully saturated rings. The van der Waals surface area contributed by atoms with Gasteiger partial charge < -0.3 is 15.2 Å². The van der Waals surface area contributed by atoms with Crippen LogP contribution >= 0.6 is 0 Å². The smallest absolute Gasteiger partial charge is 0.416 e. The summed E-state index contributed by atoms with van der Waals surface area (Å²) in [7, 11) is 1.53. The number of fused-ring (bicyclic) bond motifs is 2. The maximum Gasteiger partial charge on any atom is 0.416 e. The van der Waals surface area contributed by atoms with Gasteiger partial charge in [-0.25, -0.2) is 9.38 Å². The van der Waals surface area contributed by atoms with Gasteiger partial charge in [0.15, 0.2) is 11.5 Å². The molecule has 0 saturated carbocycles. The summed E-state index contributed by atoms with van der Waals surface area (Å²) in [5, 5.41) is 0. The largest absolute Gasteiger partial charge is 0.490 e. The molecule has 3 aliphatic rings. The van der Waals surface area contributed by atoms with Crippen molar-refractivity contribution in [3.8, 4) is 16.9 Å². The molecule has 0 bridgehead atoms. The number of benzene rings is 2. The molecule has 2 aromatic carbocycles. The van der Waals surface area contributed by atoms with Gasteiger partial charge in [0, 0.05) is 31.6 Å². The van der Waals surface area contributed by atoms with Crippen molar-refractivity contribution in [2.24, 2.45) is 16.6 Å². The van der Waals surface area contributed by atoms with E-state index in [2.05, 4.69) is 4.99 Å². The summed E-state index contributed by atoms with van der Waals surface area (Å²) < 4.78 is 66.3. The highest BCUT2D eigenvalue weighted by Gasteiger charge is 2.55. The minimum atomic E-state index is -4.71. The highest BCUT2D eigenvalue weighted by atomic mass is 19.4. The topological polar surface area (TPSA) is 77.2 Å². The third-order valence-corrected chi connectivity index (χ3v) is 7.33. The van der Waals surface area contributed by atoms with E-state index in [9.17, 15) is 22.4 Å². The fraction of sp³-hybridized carbons (Fsp3) is 0.462. The standard InChI is InChI=1S/C26H27F4N3O3/c1-24(2)12-15(6-7-35-24)21-13-25(22(34)33(3)23(31)32-25)19-10-14(4-5-20(19)36-21)16-8-17(26(28,29)30)11-18(27)9-16/h4-5,8-11,15,21H,6-7,12-13H2,1-3H3,(H2,31,32). The molecule has 0 aliphatic carbocycles. The number of halogens is 4. The predicted molar refractivity (Wildman–Crippen MR) is 125 cm³/mol. The maximum absolute atomic E-state index is 14.1. The molecule has 36 heavy (non-hydrogen) atoms. The number of nitrogens with zero attached hydrogens (tertiary/aromatic N) is 2. The lowest BCUT2D eigenvalue weighted by molar-refractivity contribution is -0.137. The molecule has 3 heterocycles. The second-order valence-corrected chi connectivity index (χ2v) is 10.4. The number of likely N-dealkylation sites (N-methyl/N-ethyl adjacent to an activating group) is 1. The summed E-state index contributed by atoms with van der Waals surface area (Å²) in [5.41, 5.74) is 3.98. The molecule has 3 unspecified atom stereocenters. The van der Waals surface area contributed by atoms with Gasteiger partial charge in [-0.05, 0) is 68.1 Å². The first-order valence-corrected chi connectivity index (χ1v) is 11.8. The van der Waals surface area contributed by atoms with Crippen LogP contribution in [0.25, 0.3) is 11.1 Å². The molecule has 3 atom stereocenters. The van der Waals surface area contributed by atoms with Gasteiger partial charge in [-0.2, -0.15) is 13.2 Å². The van der Waals surface area contributed by atoms with Gasteiger partial charge in [-0.3, -0.25) is 9.69 Å². The third kappa shape index (κ3) is 4.11. The number of hydrogen-bond acceptors (Lipinski definition) is 5. The van der Waals surface area contributed by atoms with Crippen LogP contribution in [0.2, 0.25) is 0 Å². The van der Waals surface area contributed by atoms with E-state index in [0.717, 1.165) is 25.0 Å². The highest BCUT2D eigenvalue weighted by Crippen LogP contribution is 2.50. The highest BCUT2D eigenvalue weighted by molar-refractivity contribution is 6.07. The first-order valence-electron chi connectivity index (χ1n) is 11.8. The normalized spacial score (nSPS) is 27.6. The molecule has 0 aromatic heterocycles. The van der Waals surface area contributed by atoms with Crippen molar-refractivity contribution in [1.82, 2.24) is 4.90 Å². The van der Waals surface area contributed by atoms with Crippen molar-refractivity contribution in [2.75, 3.05) is 13.7 Å². The van der Waals surface area contributed by atoms with E-state index in [1.54, 1.807) is 18.2 Å². The molecular formula is C26H27F4N3O3. The molecule has 0 radical (unpaired) electrons. The zero-order valence-electron chi connectivity index (χ0n) is 20.2. The molecule has 2 aromatic rings. The minimum absolute atomic E-state index is 0.0318. The number of carbonyl (C=O) groups excluding carboxylic acids is 1. The van der Waals surface area contributed by atoms with Gasteiger partial charge in [-0.15, -0.1) is 0 Å². The molecule has 5 rings (SSSR count). The molecule has 10 heteroatoms. The van der Waals surface area contributed by atoms with E-state index in [4.69, 9.17) is 15.2 Å². The van der Waals surface area contributed by atoms with Gasteiger partial charge >= 0.3 is 6.18 Å². The molecule has 1 saturated heterocycles. The Morgan fingerprint density at radius 3 is 2.50 bits per heavy atom. The Hall–Kier alpha value is -3.14. The van der Waals surface area contributed by atoms with Gasteiger partial charge in [0.05, 0.1) is 11.2 Å². The average Bonchev–Trinajstić information content (AvgIpc) is 3.01. The zero-order valence-corrected chi connectivity index (χ0v) is 20.2. The average molecular weight is 506 g/mol. The Bertz CT molecular complexity index is 1260. The molecule has 3 aliphatic heterocycles. The summed E-state index contributed by atoms with van der Waals surface area (Å²) in [6.07, 6.45) is -3.34. The Morgan fingerprint density at radius 2 is 1.86 bits per heavy atom. The number of ether oxygens (including phenoxy) is 2. The monoisotopic (exact) mass is 505 g/mol. The molecule has 1 amide bonds. The number of carbonyl (C=O) groups is 1. The van der Waals surface area contributed by atoms with Gasteiger partial charge in [0.2, 0.25) is 0 Å². The van der Waals surface area contributed by atoms with Crippen molar-refractivity contribution in [3.63, 3.8) is 0 Å². The number of rotatable bonds is 2.